The molecule has 2 heterocycles. The summed E-state index contributed by atoms with van der Waals surface area (Å²) < 4.78 is 25.6. The largest absolute Gasteiger partial charge is 0.493 e. The highest BCUT2D eigenvalue weighted by molar-refractivity contribution is 5.98. The fourth-order valence-electron chi connectivity index (χ4n) is 4.33. The van der Waals surface area contributed by atoms with E-state index < -0.39 is 6.04 Å². The molecular formula is C29H27FN2O4. The molecule has 0 spiro atoms. The Kier molecular flexibility index (Phi) is 6.73. The summed E-state index contributed by atoms with van der Waals surface area (Å²) in [4.78, 5) is 16.5. The second kappa shape index (κ2) is 10.3. The first-order valence-corrected chi connectivity index (χ1v) is 12.0. The molecule has 0 bridgehead atoms. The summed E-state index contributed by atoms with van der Waals surface area (Å²) in [6.45, 7) is 2.19. The number of aromatic nitrogens is 1. The summed E-state index contributed by atoms with van der Waals surface area (Å²) >= 11 is 0. The van der Waals surface area contributed by atoms with E-state index in [0.29, 0.717) is 30.1 Å². The fourth-order valence-corrected chi connectivity index (χ4v) is 4.33. The van der Waals surface area contributed by atoms with E-state index >= 15 is 0 Å². The van der Waals surface area contributed by atoms with E-state index in [4.69, 9.17) is 9.15 Å². The highest BCUT2D eigenvalue weighted by atomic mass is 19.1. The van der Waals surface area contributed by atoms with Gasteiger partial charge in [0.05, 0.1) is 24.8 Å². The van der Waals surface area contributed by atoms with Crippen molar-refractivity contribution < 1.29 is 23.4 Å². The van der Waals surface area contributed by atoms with Crippen molar-refractivity contribution >= 4 is 27.8 Å². The molecule has 0 saturated heterocycles. The van der Waals surface area contributed by atoms with Gasteiger partial charge in [-0.2, -0.15) is 0 Å². The fraction of sp³-hybridized carbons (Fsp3) is 0.207. The Labute approximate surface area is 207 Å². The van der Waals surface area contributed by atoms with Crippen molar-refractivity contribution in [2.45, 2.75) is 25.8 Å². The first kappa shape index (κ1) is 23.6. The minimum Gasteiger partial charge on any atom is -0.493 e. The van der Waals surface area contributed by atoms with Gasteiger partial charge < -0.3 is 24.6 Å². The summed E-state index contributed by atoms with van der Waals surface area (Å²) in [5, 5.41) is 14.6. The van der Waals surface area contributed by atoms with Crippen molar-refractivity contribution in [2.75, 3.05) is 13.2 Å². The van der Waals surface area contributed by atoms with Gasteiger partial charge in [-0.1, -0.05) is 25.1 Å². The molecule has 36 heavy (non-hydrogen) atoms. The third-order valence-corrected chi connectivity index (χ3v) is 6.15. The molecule has 1 atom stereocenters. The molecule has 0 fully saturated rings. The quantitative estimate of drug-likeness (QED) is 0.244. The zero-order valence-corrected chi connectivity index (χ0v) is 19.9. The van der Waals surface area contributed by atoms with Crippen LogP contribution in [0.1, 0.15) is 29.3 Å². The van der Waals surface area contributed by atoms with Crippen LogP contribution in [0.2, 0.25) is 0 Å². The van der Waals surface area contributed by atoms with Crippen LogP contribution in [0.3, 0.4) is 0 Å². The van der Waals surface area contributed by atoms with Gasteiger partial charge in [0.2, 0.25) is 0 Å². The number of hydrogen-bond acceptors (Lipinski definition) is 4. The number of furan rings is 1. The number of benzene rings is 3. The number of rotatable bonds is 9. The lowest BCUT2D eigenvalue weighted by molar-refractivity contribution is 0.0912. The van der Waals surface area contributed by atoms with Crippen molar-refractivity contribution in [3.63, 3.8) is 0 Å². The number of aliphatic hydroxyl groups excluding tert-OH is 1. The second-order valence-corrected chi connectivity index (χ2v) is 8.77. The summed E-state index contributed by atoms with van der Waals surface area (Å²) in [6, 6.07) is 19.0. The molecule has 5 rings (SSSR count). The van der Waals surface area contributed by atoms with Crippen LogP contribution in [-0.2, 0) is 6.42 Å². The lowest BCUT2D eigenvalue weighted by atomic mass is 10.0. The van der Waals surface area contributed by atoms with Crippen LogP contribution in [0, 0.1) is 5.82 Å². The smallest absolute Gasteiger partial charge is 0.255 e. The number of ether oxygens (including phenoxy) is 1. The Balaban J connectivity index is 1.42. The molecule has 6 nitrogen and oxygen atoms in total. The number of amides is 1. The number of para-hydroxylation sites is 1. The molecule has 184 valence electrons. The van der Waals surface area contributed by atoms with E-state index in [1.54, 1.807) is 24.4 Å². The number of aromatic amines is 1. The van der Waals surface area contributed by atoms with Gasteiger partial charge >= 0.3 is 0 Å². The molecule has 0 saturated carbocycles. The summed E-state index contributed by atoms with van der Waals surface area (Å²) in [6.07, 6.45) is 2.90. The third kappa shape index (κ3) is 4.83. The minimum absolute atomic E-state index is 0.276. The topological polar surface area (TPSA) is 87.5 Å². The average Bonchev–Trinajstić information content (AvgIpc) is 3.51. The van der Waals surface area contributed by atoms with Gasteiger partial charge in [0, 0.05) is 28.0 Å². The van der Waals surface area contributed by atoms with E-state index in [1.807, 2.05) is 43.3 Å². The van der Waals surface area contributed by atoms with Crippen molar-refractivity contribution in [2.24, 2.45) is 0 Å². The Bertz CT molecular complexity index is 1490. The molecule has 1 unspecified atom stereocenters. The number of nitrogens with one attached hydrogen (secondary N) is 2. The molecule has 5 aromatic rings. The van der Waals surface area contributed by atoms with E-state index in [2.05, 4.69) is 10.3 Å². The number of hydrogen-bond donors (Lipinski definition) is 3. The van der Waals surface area contributed by atoms with E-state index in [9.17, 15) is 14.3 Å². The predicted octanol–water partition coefficient (Wildman–Crippen LogP) is 5.84. The average molecular weight is 487 g/mol. The number of aliphatic hydroxyl groups is 1. The van der Waals surface area contributed by atoms with Crippen LogP contribution >= 0.6 is 0 Å². The van der Waals surface area contributed by atoms with Gasteiger partial charge in [0.25, 0.3) is 5.91 Å². The molecule has 2 aromatic heterocycles. The lowest BCUT2D eigenvalue weighted by Gasteiger charge is -2.18. The van der Waals surface area contributed by atoms with Crippen molar-refractivity contribution in [3.8, 4) is 17.1 Å². The molecule has 3 N–H and O–H groups in total. The van der Waals surface area contributed by atoms with Gasteiger partial charge in [-0.3, -0.25) is 4.79 Å². The molecular weight excluding hydrogens is 459 g/mol. The van der Waals surface area contributed by atoms with Gasteiger partial charge in [-0.25, -0.2) is 4.39 Å². The zero-order chi connectivity index (χ0) is 25.1. The Morgan fingerprint density at radius 3 is 2.81 bits per heavy atom. The summed E-state index contributed by atoms with van der Waals surface area (Å²) in [7, 11) is 0. The highest BCUT2D eigenvalue weighted by Crippen LogP contribution is 2.31. The maximum Gasteiger partial charge on any atom is 0.255 e. The third-order valence-electron chi connectivity index (χ3n) is 6.15. The van der Waals surface area contributed by atoms with Crippen molar-refractivity contribution in [1.29, 1.82) is 0 Å². The SMILES string of the molecule is CCCOc1ccc(-c2cc3ccccc3o2)cc1C(=O)NC(CO)Cc1c[nH]c2ccc(F)cc12. The molecule has 7 heteroatoms. The Morgan fingerprint density at radius 2 is 2.00 bits per heavy atom. The number of carbonyl (C=O) groups is 1. The molecule has 0 aliphatic carbocycles. The molecule has 0 radical (unpaired) electrons. The maximum atomic E-state index is 13.8. The Hall–Kier alpha value is -4.10. The first-order valence-electron chi connectivity index (χ1n) is 12.0. The van der Waals surface area contributed by atoms with E-state index in [1.165, 1.54) is 12.1 Å². The molecule has 1 amide bonds. The first-order chi connectivity index (χ1) is 17.6. The summed E-state index contributed by atoms with van der Waals surface area (Å²) in [5.41, 5.74) is 3.46. The Morgan fingerprint density at radius 1 is 1.14 bits per heavy atom. The second-order valence-electron chi connectivity index (χ2n) is 8.77. The summed E-state index contributed by atoms with van der Waals surface area (Å²) in [5.74, 6) is 0.393. The van der Waals surface area contributed by atoms with Gasteiger partial charge in [-0.15, -0.1) is 0 Å². The van der Waals surface area contributed by atoms with Crippen molar-refractivity contribution in [1.82, 2.24) is 10.3 Å². The lowest BCUT2D eigenvalue weighted by Crippen LogP contribution is -2.39. The monoisotopic (exact) mass is 486 g/mol. The number of H-pyrrole nitrogens is 1. The van der Waals surface area contributed by atoms with Crippen LogP contribution < -0.4 is 10.1 Å². The predicted molar refractivity (Wildman–Crippen MR) is 138 cm³/mol. The standard InChI is InChI=1S/C29H27FN2O4/c1-2-11-35-27-10-7-19(28-14-18-5-3-4-6-26(18)36-28)13-24(27)29(34)32-22(17-33)12-20-16-31-25-9-8-21(30)15-23(20)25/h3-10,13-16,22,31,33H,2,11-12,17H2,1H3,(H,32,34). The van der Waals surface area contributed by atoms with Gasteiger partial charge in [0.1, 0.15) is 22.9 Å². The number of fused-ring (bicyclic) bond motifs is 2. The zero-order valence-electron chi connectivity index (χ0n) is 19.9. The molecule has 0 aliphatic heterocycles. The van der Waals surface area contributed by atoms with Crippen LogP contribution in [-0.4, -0.2) is 35.3 Å². The van der Waals surface area contributed by atoms with Gasteiger partial charge in [-0.05, 0) is 66.9 Å². The molecule has 0 aliphatic rings. The normalized spacial score (nSPS) is 12.2. The van der Waals surface area contributed by atoms with Crippen LogP contribution in [0.25, 0.3) is 33.2 Å². The van der Waals surface area contributed by atoms with E-state index in [0.717, 1.165) is 39.4 Å². The van der Waals surface area contributed by atoms with E-state index in [-0.39, 0.29) is 18.3 Å². The number of carbonyl (C=O) groups excluding carboxylic acids is 1. The van der Waals surface area contributed by atoms with Crippen molar-refractivity contribution in [3.05, 3.63) is 89.9 Å². The van der Waals surface area contributed by atoms with Crippen LogP contribution in [0.15, 0.2) is 77.3 Å². The highest BCUT2D eigenvalue weighted by Gasteiger charge is 2.20. The number of halogens is 1. The minimum atomic E-state index is -0.575. The van der Waals surface area contributed by atoms with Gasteiger partial charge in [0.15, 0.2) is 0 Å². The van der Waals surface area contributed by atoms with Crippen LogP contribution in [0.5, 0.6) is 5.75 Å². The van der Waals surface area contributed by atoms with Crippen LogP contribution in [0.4, 0.5) is 4.39 Å². The maximum absolute atomic E-state index is 13.8. The molecule has 3 aromatic carbocycles.